The van der Waals surface area contributed by atoms with Gasteiger partial charge in [-0.05, 0) is 48.4 Å². The van der Waals surface area contributed by atoms with E-state index in [-0.39, 0.29) is 10.5 Å². The largest absolute Gasteiger partial charge is 0.497 e. The lowest BCUT2D eigenvalue weighted by Crippen LogP contribution is -2.15. The Morgan fingerprint density at radius 1 is 1.21 bits per heavy atom. The molecule has 0 saturated carbocycles. The molecule has 0 radical (unpaired) electrons. The topological polar surface area (TPSA) is 63.7 Å². The number of anilines is 2. The van der Waals surface area contributed by atoms with Crippen LogP contribution in [0.1, 0.15) is 15.9 Å². The predicted molar refractivity (Wildman–Crippen MR) is 95.5 cm³/mol. The van der Waals surface area contributed by atoms with Gasteiger partial charge in [0.1, 0.15) is 5.75 Å². The summed E-state index contributed by atoms with van der Waals surface area (Å²) >= 11 is 5.56. The number of carbonyl (C=O) groups excluding carboxylic acids is 1. The van der Waals surface area contributed by atoms with Gasteiger partial charge in [0.2, 0.25) is 0 Å². The van der Waals surface area contributed by atoms with Crippen LogP contribution in [0.15, 0.2) is 41.3 Å². The molecule has 0 spiro atoms. The zero-order valence-corrected chi connectivity index (χ0v) is 15.4. The van der Waals surface area contributed by atoms with Crippen LogP contribution in [0.3, 0.4) is 0 Å². The van der Waals surface area contributed by atoms with Gasteiger partial charge in [-0.15, -0.1) is 0 Å². The van der Waals surface area contributed by atoms with Gasteiger partial charge in [0.15, 0.2) is 9.84 Å². The van der Waals surface area contributed by atoms with Gasteiger partial charge in [-0.1, -0.05) is 6.07 Å². The minimum Gasteiger partial charge on any atom is -0.497 e. The fraction of sp³-hybridized carbons (Fsp3) is 0.235. The van der Waals surface area contributed by atoms with Crippen molar-refractivity contribution < 1.29 is 17.9 Å². The van der Waals surface area contributed by atoms with Gasteiger partial charge in [0, 0.05) is 30.6 Å². The van der Waals surface area contributed by atoms with Crippen molar-refractivity contribution in [1.82, 2.24) is 0 Å². The summed E-state index contributed by atoms with van der Waals surface area (Å²) in [5, 5.41) is -0.687. The summed E-state index contributed by atoms with van der Waals surface area (Å²) in [7, 11) is -0.247. The highest BCUT2D eigenvalue weighted by atomic mass is 35.5. The standard InChI is InChI=1S/C17H18ClNO4S/c1-11-8-15(16(24(4,21)22)10-14(11)17(18)20)19(2)12-6-5-7-13(9-12)23-3/h5-10H,1-4H3. The van der Waals surface area contributed by atoms with E-state index in [2.05, 4.69) is 0 Å². The van der Waals surface area contributed by atoms with E-state index in [0.29, 0.717) is 17.0 Å². The Kier molecular flexibility index (Phi) is 5.20. The van der Waals surface area contributed by atoms with Crippen molar-refractivity contribution in [1.29, 1.82) is 0 Å². The van der Waals surface area contributed by atoms with Crippen LogP contribution in [-0.2, 0) is 9.84 Å². The van der Waals surface area contributed by atoms with E-state index in [9.17, 15) is 13.2 Å². The second kappa shape index (κ2) is 6.83. The minimum atomic E-state index is -3.56. The average molecular weight is 368 g/mol. The van der Waals surface area contributed by atoms with Crippen LogP contribution in [0.2, 0.25) is 0 Å². The minimum absolute atomic E-state index is 0.0439. The SMILES string of the molecule is COc1cccc(N(C)c2cc(C)c(C(=O)Cl)cc2S(C)(=O)=O)c1. The van der Waals surface area contributed by atoms with Crippen LogP contribution >= 0.6 is 11.6 Å². The average Bonchev–Trinajstić information content (AvgIpc) is 2.52. The van der Waals surface area contributed by atoms with Crippen molar-refractivity contribution in [2.24, 2.45) is 0 Å². The molecule has 0 aliphatic rings. The third kappa shape index (κ3) is 3.71. The van der Waals surface area contributed by atoms with E-state index in [1.807, 2.05) is 12.1 Å². The summed E-state index contributed by atoms with van der Waals surface area (Å²) in [6.45, 7) is 1.71. The molecule has 2 aromatic rings. The summed E-state index contributed by atoms with van der Waals surface area (Å²) in [6.07, 6.45) is 1.10. The van der Waals surface area contributed by atoms with Crippen molar-refractivity contribution in [2.75, 3.05) is 25.3 Å². The number of halogens is 1. The molecule has 2 rings (SSSR count). The van der Waals surface area contributed by atoms with E-state index >= 15 is 0 Å². The molecule has 0 aliphatic carbocycles. The van der Waals surface area contributed by atoms with Crippen LogP contribution in [0.4, 0.5) is 11.4 Å². The lowest BCUT2D eigenvalue weighted by molar-refractivity contribution is 0.108. The molecular formula is C17H18ClNO4S. The maximum atomic E-state index is 12.2. The van der Waals surface area contributed by atoms with E-state index in [4.69, 9.17) is 16.3 Å². The Morgan fingerprint density at radius 3 is 2.42 bits per heavy atom. The number of ether oxygens (including phenoxy) is 1. The van der Waals surface area contributed by atoms with Crippen molar-refractivity contribution in [3.8, 4) is 5.75 Å². The summed E-state index contributed by atoms with van der Waals surface area (Å²) in [4.78, 5) is 13.3. The third-order valence-electron chi connectivity index (χ3n) is 3.72. The molecule has 2 aromatic carbocycles. The highest BCUT2D eigenvalue weighted by Gasteiger charge is 2.21. The molecule has 0 amide bonds. The van der Waals surface area contributed by atoms with Crippen LogP contribution in [-0.4, -0.2) is 34.1 Å². The van der Waals surface area contributed by atoms with E-state index in [1.165, 1.54) is 6.07 Å². The van der Waals surface area contributed by atoms with Crippen LogP contribution in [0.5, 0.6) is 5.75 Å². The smallest absolute Gasteiger partial charge is 0.252 e. The van der Waals surface area contributed by atoms with Crippen molar-refractivity contribution in [3.63, 3.8) is 0 Å². The Labute approximate surface area is 146 Å². The molecule has 0 N–H and O–H groups in total. The summed E-state index contributed by atoms with van der Waals surface area (Å²) in [5.74, 6) is 0.657. The maximum Gasteiger partial charge on any atom is 0.252 e. The molecule has 0 heterocycles. The molecule has 7 heteroatoms. The molecule has 0 unspecified atom stereocenters. The summed E-state index contributed by atoms with van der Waals surface area (Å²) < 4.78 is 29.6. The van der Waals surface area contributed by atoms with Crippen molar-refractivity contribution in [2.45, 2.75) is 11.8 Å². The second-order valence-electron chi connectivity index (χ2n) is 5.44. The molecule has 5 nitrogen and oxygen atoms in total. The second-order valence-corrected chi connectivity index (χ2v) is 7.77. The fourth-order valence-electron chi connectivity index (χ4n) is 2.40. The lowest BCUT2D eigenvalue weighted by Gasteiger charge is -2.23. The fourth-order valence-corrected chi connectivity index (χ4v) is 3.51. The molecule has 24 heavy (non-hydrogen) atoms. The van der Waals surface area contributed by atoms with Gasteiger partial charge >= 0.3 is 0 Å². The lowest BCUT2D eigenvalue weighted by atomic mass is 10.1. The summed E-state index contributed by atoms with van der Waals surface area (Å²) in [6, 6.07) is 10.2. The predicted octanol–water partition coefficient (Wildman–Crippen LogP) is 3.55. The number of hydrogen-bond acceptors (Lipinski definition) is 5. The highest BCUT2D eigenvalue weighted by Crippen LogP contribution is 2.34. The van der Waals surface area contributed by atoms with Gasteiger partial charge in [-0.25, -0.2) is 8.42 Å². The molecule has 0 atom stereocenters. The van der Waals surface area contributed by atoms with Crippen molar-refractivity contribution in [3.05, 3.63) is 47.5 Å². The molecule has 0 fully saturated rings. The molecule has 128 valence electrons. The molecule has 0 aliphatic heterocycles. The normalized spacial score (nSPS) is 11.2. The Bertz CT molecular complexity index is 893. The van der Waals surface area contributed by atoms with Gasteiger partial charge in [0.05, 0.1) is 17.7 Å². The number of methoxy groups -OCH3 is 1. The molecule has 0 saturated heterocycles. The monoisotopic (exact) mass is 367 g/mol. The van der Waals surface area contributed by atoms with E-state index < -0.39 is 15.1 Å². The van der Waals surface area contributed by atoms with E-state index in [0.717, 1.165) is 11.9 Å². The quantitative estimate of drug-likeness (QED) is 0.756. The maximum absolute atomic E-state index is 12.2. The Morgan fingerprint density at radius 2 is 1.88 bits per heavy atom. The molecule has 0 aromatic heterocycles. The van der Waals surface area contributed by atoms with Gasteiger partial charge in [-0.2, -0.15) is 0 Å². The van der Waals surface area contributed by atoms with Crippen molar-refractivity contribution >= 4 is 38.1 Å². The number of carbonyl (C=O) groups is 1. The van der Waals surface area contributed by atoms with Crippen LogP contribution in [0.25, 0.3) is 0 Å². The number of rotatable bonds is 5. The number of nitrogens with zero attached hydrogens (tertiary/aromatic N) is 1. The first-order valence-electron chi connectivity index (χ1n) is 7.07. The van der Waals surface area contributed by atoms with E-state index in [1.54, 1.807) is 44.2 Å². The Balaban J connectivity index is 2.68. The van der Waals surface area contributed by atoms with Gasteiger partial charge in [0.25, 0.3) is 5.24 Å². The first-order chi connectivity index (χ1) is 11.1. The van der Waals surface area contributed by atoms with Gasteiger partial charge in [-0.3, -0.25) is 4.79 Å². The third-order valence-corrected chi connectivity index (χ3v) is 5.05. The number of hydrogen-bond donors (Lipinski definition) is 0. The zero-order chi connectivity index (χ0) is 18.1. The van der Waals surface area contributed by atoms with Crippen LogP contribution in [0, 0.1) is 6.92 Å². The highest BCUT2D eigenvalue weighted by molar-refractivity contribution is 7.90. The first-order valence-corrected chi connectivity index (χ1v) is 9.34. The molecule has 0 bridgehead atoms. The van der Waals surface area contributed by atoms with Crippen LogP contribution < -0.4 is 9.64 Å². The van der Waals surface area contributed by atoms with Gasteiger partial charge < -0.3 is 9.64 Å². The summed E-state index contributed by atoms with van der Waals surface area (Å²) in [5.41, 5.74) is 2.00. The number of aryl methyl sites for hydroxylation is 1. The zero-order valence-electron chi connectivity index (χ0n) is 13.8. The Hall–Kier alpha value is -2.05. The first kappa shape index (κ1) is 18.3. The number of sulfone groups is 1. The number of benzene rings is 2. The molecular weight excluding hydrogens is 350 g/mol.